The lowest BCUT2D eigenvalue weighted by Crippen LogP contribution is -2.42. The van der Waals surface area contributed by atoms with Crippen molar-refractivity contribution in [2.75, 3.05) is 7.11 Å². The van der Waals surface area contributed by atoms with Crippen LogP contribution in [0, 0.1) is 13.8 Å². The largest absolute Gasteiger partial charge is 0.495 e. The Bertz CT molecular complexity index is 784. The summed E-state index contributed by atoms with van der Waals surface area (Å²) in [6.45, 7) is 3.77. The van der Waals surface area contributed by atoms with Gasteiger partial charge < -0.3 is 15.2 Å². The molecule has 2 aromatic carbocycles. The number of carbonyl (C=O) groups excluding carboxylic acids is 1. The van der Waals surface area contributed by atoms with E-state index in [9.17, 15) is 14.7 Å². The molecule has 0 radical (unpaired) electrons. The lowest BCUT2D eigenvalue weighted by atomic mass is 10.0. The molecule has 2 N–H and O–H groups in total. The van der Waals surface area contributed by atoms with Gasteiger partial charge in [-0.05, 0) is 43.7 Å². The number of halogens is 1. The number of methoxy groups -OCH3 is 1. The van der Waals surface area contributed by atoms with Crippen molar-refractivity contribution in [3.8, 4) is 5.75 Å². The molecule has 0 bridgehead atoms. The molecule has 0 saturated carbocycles. The summed E-state index contributed by atoms with van der Waals surface area (Å²) < 4.78 is 5.08. The van der Waals surface area contributed by atoms with Crippen molar-refractivity contribution >= 4 is 23.5 Å². The van der Waals surface area contributed by atoms with Crippen LogP contribution in [-0.4, -0.2) is 30.1 Å². The highest BCUT2D eigenvalue weighted by Crippen LogP contribution is 2.25. The molecule has 132 valence electrons. The number of benzene rings is 2. The van der Waals surface area contributed by atoms with Crippen molar-refractivity contribution in [3.63, 3.8) is 0 Å². The average Bonchev–Trinajstić information content (AvgIpc) is 2.53. The van der Waals surface area contributed by atoms with Gasteiger partial charge in [0.15, 0.2) is 0 Å². The Kier molecular flexibility index (Phi) is 6.04. The molecular formula is C19H20ClNO4. The van der Waals surface area contributed by atoms with E-state index >= 15 is 0 Å². The minimum absolute atomic E-state index is 0.121. The van der Waals surface area contributed by atoms with Gasteiger partial charge >= 0.3 is 5.97 Å². The highest BCUT2D eigenvalue weighted by Gasteiger charge is 2.22. The molecule has 0 aliphatic heterocycles. The summed E-state index contributed by atoms with van der Waals surface area (Å²) in [6.07, 6.45) is 0.121. The zero-order valence-electron chi connectivity index (χ0n) is 14.3. The Morgan fingerprint density at radius 2 is 1.80 bits per heavy atom. The lowest BCUT2D eigenvalue weighted by Gasteiger charge is -2.16. The molecule has 5 nitrogen and oxygen atoms in total. The predicted molar refractivity (Wildman–Crippen MR) is 96.5 cm³/mol. The first-order valence-corrected chi connectivity index (χ1v) is 8.12. The summed E-state index contributed by atoms with van der Waals surface area (Å²) >= 11 is 6.07. The average molecular weight is 362 g/mol. The summed E-state index contributed by atoms with van der Waals surface area (Å²) in [5, 5.41) is 12.4. The summed E-state index contributed by atoms with van der Waals surface area (Å²) in [5.74, 6) is -1.01. The highest BCUT2D eigenvalue weighted by molar-refractivity contribution is 6.32. The lowest BCUT2D eigenvalue weighted by molar-refractivity contribution is -0.139. The maximum Gasteiger partial charge on any atom is 0.326 e. The second-order valence-corrected chi connectivity index (χ2v) is 6.32. The van der Waals surface area contributed by atoms with Crippen molar-refractivity contribution in [1.82, 2.24) is 5.32 Å². The van der Waals surface area contributed by atoms with E-state index in [2.05, 4.69) is 5.32 Å². The Balaban J connectivity index is 2.16. The maximum absolute atomic E-state index is 12.4. The van der Waals surface area contributed by atoms with E-state index in [1.165, 1.54) is 7.11 Å². The maximum atomic E-state index is 12.4. The first-order chi connectivity index (χ1) is 11.8. The van der Waals surface area contributed by atoms with Gasteiger partial charge in [0.1, 0.15) is 11.8 Å². The molecule has 25 heavy (non-hydrogen) atoms. The predicted octanol–water partition coefficient (Wildman–Crippen LogP) is 3.39. The zero-order valence-corrected chi connectivity index (χ0v) is 15.1. The Labute approximate surface area is 151 Å². The van der Waals surface area contributed by atoms with Crippen LogP contribution in [0.1, 0.15) is 27.0 Å². The smallest absolute Gasteiger partial charge is 0.326 e. The van der Waals surface area contributed by atoms with Gasteiger partial charge in [-0.25, -0.2) is 4.79 Å². The minimum Gasteiger partial charge on any atom is -0.495 e. The number of aliphatic carboxylic acids is 1. The molecule has 2 aromatic rings. The van der Waals surface area contributed by atoms with Gasteiger partial charge in [-0.3, -0.25) is 4.79 Å². The van der Waals surface area contributed by atoms with Gasteiger partial charge in [-0.15, -0.1) is 0 Å². The summed E-state index contributed by atoms with van der Waals surface area (Å²) in [5.41, 5.74) is 3.02. The van der Waals surface area contributed by atoms with E-state index in [0.29, 0.717) is 21.9 Å². The third kappa shape index (κ3) is 4.97. The summed E-state index contributed by atoms with van der Waals surface area (Å²) in [4.78, 5) is 23.9. The summed E-state index contributed by atoms with van der Waals surface area (Å²) in [7, 11) is 1.50. The van der Waals surface area contributed by atoms with Crippen molar-refractivity contribution in [2.45, 2.75) is 26.3 Å². The van der Waals surface area contributed by atoms with Crippen LogP contribution >= 0.6 is 11.6 Å². The summed E-state index contributed by atoms with van der Waals surface area (Å²) in [6, 6.07) is 9.38. The molecule has 1 amide bonds. The van der Waals surface area contributed by atoms with E-state index in [1.54, 1.807) is 30.3 Å². The molecule has 1 atom stereocenters. The normalized spacial score (nSPS) is 11.7. The van der Waals surface area contributed by atoms with E-state index in [1.807, 2.05) is 19.9 Å². The molecule has 0 heterocycles. The second-order valence-electron chi connectivity index (χ2n) is 5.91. The molecule has 2 rings (SSSR count). The van der Waals surface area contributed by atoms with Crippen LogP contribution < -0.4 is 10.1 Å². The van der Waals surface area contributed by atoms with Crippen LogP contribution in [0.25, 0.3) is 0 Å². The molecule has 0 unspecified atom stereocenters. The molecule has 0 aliphatic rings. The third-order valence-corrected chi connectivity index (χ3v) is 4.04. The van der Waals surface area contributed by atoms with Crippen LogP contribution in [0.15, 0.2) is 36.4 Å². The molecule has 0 fully saturated rings. The van der Waals surface area contributed by atoms with Crippen molar-refractivity contribution in [3.05, 3.63) is 63.7 Å². The standard InChI is InChI=1S/C19H20ClNO4/c1-11-6-12(2)8-14(7-11)18(22)21-16(19(23)24)10-13-4-5-17(25-3)15(20)9-13/h4-9,16H,10H2,1-3H3,(H,21,22)(H,23,24)/t16-/m0/s1. The molecule has 0 aromatic heterocycles. The van der Waals surface area contributed by atoms with Crippen LogP contribution in [0.4, 0.5) is 0 Å². The van der Waals surface area contributed by atoms with E-state index in [0.717, 1.165) is 11.1 Å². The number of hydrogen-bond acceptors (Lipinski definition) is 3. The fourth-order valence-electron chi connectivity index (χ4n) is 2.62. The van der Waals surface area contributed by atoms with Crippen LogP contribution in [0.2, 0.25) is 5.02 Å². The fraction of sp³-hybridized carbons (Fsp3) is 0.263. The Morgan fingerprint density at radius 3 is 2.32 bits per heavy atom. The number of carboxylic acids is 1. The van der Waals surface area contributed by atoms with Gasteiger partial charge in [-0.1, -0.05) is 34.9 Å². The third-order valence-electron chi connectivity index (χ3n) is 3.74. The number of carbonyl (C=O) groups is 2. The van der Waals surface area contributed by atoms with Gasteiger partial charge in [0.25, 0.3) is 5.91 Å². The van der Waals surface area contributed by atoms with Gasteiger partial charge in [0.05, 0.1) is 12.1 Å². The minimum atomic E-state index is -1.11. The van der Waals surface area contributed by atoms with Crippen LogP contribution in [0.3, 0.4) is 0 Å². The molecule has 0 aliphatic carbocycles. The van der Waals surface area contributed by atoms with E-state index in [-0.39, 0.29) is 6.42 Å². The zero-order chi connectivity index (χ0) is 18.6. The Hall–Kier alpha value is -2.53. The second kappa shape index (κ2) is 8.03. The van der Waals surface area contributed by atoms with Crippen molar-refractivity contribution in [1.29, 1.82) is 0 Å². The van der Waals surface area contributed by atoms with Crippen molar-refractivity contribution < 1.29 is 19.4 Å². The van der Waals surface area contributed by atoms with E-state index < -0.39 is 17.9 Å². The van der Waals surface area contributed by atoms with Gasteiger partial charge in [0.2, 0.25) is 0 Å². The number of hydrogen-bond donors (Lipinski definition) is 2. The quantitative estimate of drug-likeness (QED) is 0.826. The number of aryl methyl sites for hydroxylation is 2. The number of nitrogens with one attached hydrogen (secondary N) is 1. The number of ether oxygens (including phenoxy) is 1. The van der Waals surface area contributed by atoms with Crippen LogP contribution in [0.5, 0.6) is 5.75 Å². The van der Waals surface area contributed by atoms with Crippen molar-refractivity contribution in [2.24, 2.45) is 0 Å². The van der Waals surface area contributed by atoms with Crippen LogP contribution in [-0.2, 0) is 11.2 Å². The molecule has 6 heteroatoms. The number of carboxylic acid groups (broad SMARTS) is 1. The topological polar surface area (TPSA) is 75.6 Å². The molecule has 0 spiro atoms. The van der Waals surface area contributed by atoms with Gasteiger partial charge in [0, 0.05) is 12.0 Å². The van der Waals surface area contributed by atoms with E-state index in [4.69, 9.17) is 16.3 Å². The first kappa shape index (κ1) is 18.8. The van der Waals surface area contributed by atoms with Gasteiger partial charge in [-0.2, -0.15) is 0 Å². The molecule has 0 saturated heterocycles. The number of rotatable bonds is 6. The monoisotopic (exact) mass is 361 g/mol. The fourth-order valence-corrected chi connectivity index (χ4v) is 2.90. The highest BCUT2D eigenvalue weighted by atomic mass is 35.5. The molecular weight excluding hydrogens is 342 g/mol. The SMILES string of the molecule is COc1ccc(C[C@H](NC(=O)c2cc(C)cc(C)c2)C(=O)O)cc1Cl. The number of amides is 1. The Morgan fingerprint density at radius 1 is 1.16 bits per heavy atom. The first-order valence-electron chi connectivity index (χ1n) is 7.74.